The van der Waals surface area contributed by atoms with Crippen LogP contribution in [0.3, 0.4) is 0 Å². The Morgan fingerprint density at radius 3 is 2.41 bits per heavy atom. The zero-order chi connectivity index (χ0) is 12.8. The lowest BCUT2D eigenvalue weighted by Crippen LogP contribution is -2.08. The van der Waals surface area contributed by atoms with Gasteiger partial charge in [0.1, 0.15) is 0 Å². The first-order chi connectivity index (χ1) is 7.99. The Kier molecular flexibility index (Phi) is 4.39. The summed E-state index contributed by atoms with van der Waals surface area (Å²) in [7, 11) is 0. The second-order valence-corrected chi connectivity index (χ2v) is 3.67. The Bertz CT molecular complexity index is 434. The average Bonchev–Trinajstić information content (AvgIpc) is 2.26. The van der Waals surface area contributed by atoms with Crippen LogP contribution in [0.5, 0.6) is 0 Å². The Morgan fingerprint density at radius 2 is 1.94 bits per heavy atom. The number of nitro benzene ring substituents is 1. The minimum atomic E-state index is -0.472. The van der Waals surface area contributed by atoms with Gasteiger partial charge in [-0.15, -0.1) is 0 Å². The largest absolute Gasteiger partial charge is 0.460 e. The van der Waals surface area contributed by atoms with Gasteiger partial charge in [-0.05, 0) is 37.6 Å². The number of hydrogen-bond acceptors (Lipinski definition) is 4. The standard InChI is InChI=1S/C12H13NO4/c1-9(2)17-12(14)8-5-10-3-6-11(7-4-10)13(15)16/h3-9H,1-2H3. The van der Waals surface area contributed by atoms with Crippen LogP contribution in [-0.4, -0.2) is 17.0 Å². The SMILES string of the molecule is CC(C)OC(=O)C=Cc1ccc([N+](=O)[O-])cc1. The quantitative estimate of drug-likeness (QED) is 0.348. The smallest absolute Gasteiger partial charge is 0.331 e. The fourth-order valence-electron chi connectivity index (χ4n) is 1.14. The summed E-state index contributed by atoms with van der Waals surface area (Å²) in [4.78, 5) is 21.1. The van der Waals surface area contributed by atoms with Crippen LogP contribution >= 0.6 is 0 Å². The highest BCUT2D eigenvalue weighted by Crippen LogP contribution is 2.12. The highest BCUT2D eigenvalue weighted by atomic mass is 16.6. The molecule has 0 atom stereocenters. The number of benzene rings is 1. The van der Waals surface area contributed by atoms with Crippen LogP contribution in [0.1, 0.15) is 19.4 Å². The third-order valence-corrected chi connectivity index (χ3v) is 1.87. The third-order valence-electron chi connectivity index (χ3n) is 1.87. The molecule has 0 fully saturated rings. The summed E-state index contributed by atoms with van der Waals surface area (Å²) in [5, 5.41) is 10.4. The molecule has 0 radical (unpaired) electrons. The Balaban J connectivity index is 2.66. The van der Waals surface area contributed by atoms with Gasteiger partial charge in [0, 0.05) is 18.2 Å². The lowest BCUT2D eigenvalue weighted by Gasteiger charge is -2.03. The molecule has 0 aliphatic rings. The number of rotatable bonds is 4. The van der Waals surface area contributed by atoms with Crippen molar-refractivity contribution < 1.29 is 14.5 Å². The van der Waals surface area contributed by atoms with Crippen molar-refractivity contribution in [2.24, 2.45) is 0 Å². The van der Waals surface area contributed by atoms with Crippen molar-refractivity contribution in [3.05, 3.63) is 46.0 Å². The molecule has 1 aromatic carbocycles. The van der Waals surface area contributed by atoms with Crippen molar-refractivity contribution in [2.75, 3.05) is 0 Å². The zero-order valence-electron chi connectivity index (χ0n) is 9.62. The molecule has 0 saturated carbocycles. The van der Waals surface area contributed by atoms with Gasteiger partial charge < -0.3 is 4.74 Å². The first-order valence-corrected chi connectivity index (χ1v) is 5.12. The molecule has 17 heavy (non-hydrogen) atoms. The molecule has 0 heterocycles. The van der Waals surface area contributed by atoms with Gasteiger partial charge in [0.15, 0.2) is 0 Å². The molecule has 0 amide bonds. The minimum Gasteiger partial charge on any atom is -0.460 e. The monoisotopic (exact) mass is 235 g/mol. The van der Waals surface area contributed by atoms with E-state index in [9.17, 15) is 14.9 Å². The first-order valence-electron chi connectivity index (χ1n) is 5.12. The van der Waals surface area contributed by atoms with E-state index in [1.54, 1.807) is 32.1 Å². The summed E-state index contributed by atoms with van der Waals surface area (Å²) in [6, 6.07) is 5.90. The number of ether oxygens (including phenoxy) is 1. The van der Waals surface area contributed by atoms with E-state index in [1.807, 2.05) is 0 Å². The van der Waals surface area contributed by atoms with Crippen molar-refractivity contribution >= 4 is 17.7 Å². The molecule has 0 N–H and O–H groups in total. The zero-order valence-corrected chi connectivity index (χ0v) is 9.62. The third kappa shape index (κ3) is 4.46. The van der Waals surface area contributed by atoms with Crippen LogP contribution in [-0.2, 0) is 9.53 Å². The van der Waals surface area contributed by atoms with E-state index in [-0.39, 0.29) is 11.8 Å². The van der Waals surface area contributed by atoms with Gasteiger partial charge in [-0.1, -0.05) is 0 Å². The lowest BCUT2D eigenvalue weighted by molar-refractivity contribution is -0.384. The lowest BCUT2D eigenvalue weighted by atomic mass is 10.2. The second-order valence-electron chi connectivity index (χ2n) is 3.67. The van der Waals surface area contributed by atoms with E-state index in [1.165, 1.54) is 18.2 Å². The van der Waals surface area contributed by atoms with Gasteiger partial charge >= 0.3 is 5.97 Å². The van der Waals surface area contributed by atoms with E-state index in [0.29, 0.717) is 5.56 Å². The molecule has 1 rings (SSSR count). The predicted octanol–water partition coefficient (Wildman–Crippen LogP) is 2.56. The van der Waals surface area contributed by atoms with Gasteiger partial charge in [-0.25, -0.2) is 4.79 Å². The predicted molar refractivity (Wildman–Crippen MR) is 63.4 cm³/mol. The van der Waals surface area contributed by atoms with Crippen LogP contribution in [0, 0.1) is 10.1 Å². The fourth-order valence-corrected chi connectivity index (χ4v) is 1.14. The van der Waals surface area contributed by atoms with Crippen molar-refractivity contribution in [3.8, 4) is 0 Å². The second kappa shape index (κ2) is 5.79. The van der Waals surface area contributed by atoms with Gasteiger partial charge in [0.2, 0.25) is 0 Å². The molecule has 0 aromatic heterocycles. The number of non-ortho nitro benzene ring substituents is 1. The number of nitro groups is 1. The molecule has 5 nitrogen and oxygen atoms in total. The summed E-state index contributed by atoms with van der Waals surface area (Å²) in [5.74, 6) is -0.432. The molecule has 0 spiro atoms. The molecule has 0 saturated heterocycles. The molecule has 0 aliphatic carbocycles. The van der Waals surface area contributed by atoms with Crippen molar-refractivity contribution in [3.63, 3.8) is 0 Å². The van der Waals surface area contributed by atoms with Crippen LogP contribution < -0.4 is 0 Å². The summed E-state index contributed by atoms with van der Waals surface area (Å²) in [5.41, 5.74) is 0.725. The Hall–Kier alpha value is -2.17. The number of nitrogens with zero attached hydrogens (tertiary/aromatic N) is 1. The first kappa shape index (κ1) is 12.9. The summed E-state index contributed by atoms with van der Waals surface area (Å²) < 4.78 is 4.90. The number of carbonyl (C=O) groups is 1. The van der Waals surface area contributed by atoms with Crippen molar-refractivity contribution in [1.29, 1.82) is 0 Å². The van der Waals surface area contributed by atoms with Gasteiger partial charge in [-0.3, -0.25) is 10.1 Å². The molecule has 0 unspecified atom stereocenters. The van der Waals surface area contributed by atoms with Crippen LogP contribution in [0.2, 0.25) is 0 Å². The number of hydrogen-bond donors (Lipinski definition) is 0. The van der Waals surface area contributed by atoms with Crippen molar-refractivity contribution in [2.45, 2.75) is 20.0 Å². The topological polar surface area (TPSA) is 69.4 Å². The molecule has 5 heteroatoms. The molecule has 0 bridgehead atoms. The van der Waals surface area contributed by atoms with Crippen LogP contribution in [0.25, 0.3) is 6.08 Å². The molecule has 1 aromatic rings. The van der Waals surface area contributed by atoms with Crippen molar-refractivity contribution in [1.82, 2.24) is 0 Å². The summed E-state index contributed by atoms with van der Waals surface area (Å²) >= 11 is 0. The molecular formula is C12H13NO4. The maximum Gasteiger partial charge on any atom is 0.331 e. The highest BCUT2D eigenvalue weighted by molar-refractivity contribution is 5.87. The van der Waals surface area contributed by atoms with E-state index in [0.717, 1.165) is 0 Å². The van der Waals surface area contributed by atoms with Crippen LogP contribution in [0.4, 0.5) is 5.69 Å². The van der Waals surface area contributed by atoms with E-state index < -0.39 is 10.9 Å². The normalized spacial score (nSPS) is 10.8. The molecule has 90 valence electrons. The number of esters is 1. The Morgan fingerprint density at radius 1 is 1.35 bits per heavy atom. The van der Waals surface area contributed by atoms with E-state index in [4.69, 9.17) is 4.74 Å². The van der Waals surface area contributed by atoms with Gasteiger partial charge in [0.25, 0.3) is 5.69 Å². The number of carbonyl (C=O) groups excluding carboxylic acids is 1. The highest BCUT2D eigenvalue weighted by Gasteiger charge is 2.03. The fraction of sp³-hybridized carbons (Fsp3) is 0.250. The summed E-state index contributed by atoms with van der Waals surface area (Å²) in [6.45, 7) is 3.52. The molecule has 0 aliphatic heterocycles. The van der Waals surface area contributed by atoms with Gasteiger partial charge in [-0.2, -0.15) is 0 Å². The maximum atomic E-state index is 11.2. The summed E-state index contributed by atoms with van der Waals surface area (Å²) in [6.07, 6.45) is 2.68. The van der Waals surface area contributed by atoms with Crippen LogP contribution in [0.15, 0.2) is 30.3 Å². The average molecular weight is 235 g/mol. The minimum absolute atomic E-state index is 0.0203. The van der Waals surface area contributed by atoms with E-state index >= 15 is 0 Å². The Labute approximate surface area is 98.9 Å². The molecular weight excluding hydrogens is 222 g/mol. The maximum absolute atomic E-state index is 11.2. The van der Waals surface area contributed by atoms with E-state index in [2.05, 4.69) is 0 Å². The van der Waals surface area contributed by atoms with Gasteiger partial charge in [0.05, 0.1) is 11.0 Å².